The summed E-state index contributed by atoms with van der Waals surface area (Å²) >= 11 is 4.82. The van der Waals surface area contributed by atoms with Gasteiger partial charge >= 0.3 is 0 Å². The van der Waals surface area contributed by atoms with Gasteiger partial charge in [-0.25, -0.2) is 4.98 Å². The number of carbonyl (C=O) groups excluding carboxylic acids is 1. The number of rotatable bonds is 6. The Morgan fingerprint density at radius 1 is 1.21 bits per heavy atom. The quantitative estimate of drug-likeness (QED) is 0.377. The third-order valence-electron chi connectivity index (χ3n) is 3.92. The molecule has 2 aromatic carbocycles. The molecule has 0 unspecified atom stereocenters. The van der Waals surface area contributed by atoms with Gasteiger partial charge < -0.3 is 4.90 Å². The SMILES string of the molecule is CN(C)CCN(C(=O)c1ccccc1[N+](=O)[O-])c1nc2ccc(Br)cc2s1.Cl. The van der Waals surface area contributed by atoms with Crippen molar-refractivity contribution >= 4 is 66.6 Å². The molecular weight excluding hydrogens is 468 g/mol. The molecular formula is C18H18BrClN4O3S. The van der Waals surface area contributed by atoms with Crippen molar-refractivity contribution in [2.24, 2.45) is 0 Å². The topological polar surface area (TPSA) is 79.6 Å². The van der Waals surface area contributed by atoms with Gasteiger partial charge in [0, 0.05) is 23.6 Å². The molecule has 0 N–H and O–H groups in total. The summed E-state index contributed by atoms with van der Waals surface area (Å²) in [7, 11) is 3.81. The van der Waals surface area contributed by atoms with Gasteiger partial charge in [0.2, 0.25) is 0 Å². The fourth-order valence-corrected chi connectivity index (χ4v) is 4.09. The summed E-state index contributed by atoms with van der Waals surface area (Å²) in [6.45, 7) is 0.977. The Hall–Kier alpha value is -2.07. The monoisotopic (exact) mass is 484 g/mol. The summed E-state index contributed by atoms with van der Waals surface area (Å²) in [6.07, 6.45) is 0. The maximum atomic E-state index is 13.2. The summed E-state index contributed by atoms with van der Waals surface area (Å²) in [4.78, 5) is 32.0. The van der Waals surface area contributed by atoms with Gasteiger partial charge in [0.15, 0.2) is 5.13 Å². The van der Waals surface area contributed by atoms with Gasteiger partial charge in [-0.1, -0.05) is 39.4 Å². The van der Waals surface area contributed by atoms with Crippen LogP contribution in [-0.4, -0.2) is 47.9 Å². The Labute approximate surface area is 180 Å². The van der Waals surface area contributed by atoms with Gasteiger partial charge in [0.05, 0.1) is 15.1 Å². The second-order valence-electron chi connectivity index (χ2n) is 6.14. The van der Waals surface area contributed by atoms with E-state index in [4.69, 9.17) is 0 Å². The number of nitro groups is 1. The van der Waals surface area contributed by atoms with Crippen molar-refractivity contribution in [2.45, 2.75) is 0 Å². The fourth-order valence-electron chi connectivity index (χ4n) is 2.54. The van der Waals surface area contributed by atoms with E-state index in [-0.39, 0.29) is 23.7 Å². The van der Waals surface area contributed by atoms with Crippen LogP contribution in [-0.2, 0) is 0 Å². The van der Waals surface area contributed by atoms with Crippen molar-refractivity contribution < 1.29 is 9.72 Å². The minimum Gasteiger partial charge on any atom is -0.308 e. The van der Waals surface area contributed by atoms with Crippen LogP contribution in [0.1, 0.15) is 10.4 Å². The Bertz CT molecular complexity index is 1010. The molecule has 1 amide bonds. The molecule has 0 spiro atoms. The highest BCUT2D eigenvalue weighted by Gasteiger charge is 2.27. The number of halogens is 2. The lowest BCUT2D eigenvalue weighted by Gasteiger charge is -2.21. The van der Waals surface area contributed by atoms with E-state index in [9.17, 15) is 14.9 Å². The van der Waals surface area contributed by atoms with Gasteiger partial charge in [-0.3, -0.25) is 19.8 Å². The van der Waals surface area contributed by atoms with Crippen LogP contribution in [0.15, 0.2) is 46.9 Å². The van der Waals surface area contributed by atoms with Crippen LogP contribution in [0.4, 0.5) is 10.8 Å². The number of likely N-dealkylation sites (N-methyl/N-ethyl adjacent to an activating group) is 1. The minimum atomic E-state index is -0.535. The third-order valence-corrected chi connectivity index (χ3v) is 5.45. The van der Waals surface area contributed by atoms with E-state index in [1.54, 1.807) is 12.1 Å². The Kier molecular flexibility index (Phi) is 7.48. The van der Waals surface area contributed by atoms with Crippen LogP contribution in [0.25, 0.3) is 10.2 Å². The van der Waals surface area contributed by atoms with E-state index in [1.807, 2.05) is 37.2 Å². The van der Waals surface area contributed by atoms with Crippen LogP contribution >= 0.6 is 39.7 Å². The molecule has 0 atom stereocenters. The number of carbonyl (C=O) groups is 1. The van der Waals surface area contributed by atoms with Gasteiger partial charge in [-0.15, -0.1) is 12.4 Å². The number of hydrogen-bond donors (Lipinski definition) is 0. The van der Waals surface area contributed by atoms with Crippen molar-refractivity contribution in [1.29, 1.82) is 0 Å². The number of benzene rings is 2. The van der Waals surface area contributed by atoms with Crippen LogP contribution < -0.4 is 4.90 Å². The number of amides is 1. The molecule has 0 bridgehead atoms. The van der Waals surface area contributed by atoms with Crippen molar-refractivity contribution in [2.75, 3.05) is 32.1 Å². The van der Waals surface area contributed by atoms with Gasteiger partial charge in [0.1, 0.15) is 5.56 Å². The van der Waals surface area contributed by atoms with Crippen LogP contribution in [0.2, 0.25) is 0 Å². The van der Waals surface area contributed by atoms with Crippen molar-refractivity contribution in [3.63, 3.8) is 0 Å². The molecule has 1 heterocycles. The third kappa shape index (κ3) is 4.85. The molecule has 0 saturated heterocycles. The zero-order valence-corrected chi connectivity index (χ0v) is 18.4. The van der Waals surface area contributed by atoms with Crippen molar-refractivity contribution in [3.05, 3.63) is 62.6 Å². The summed E-state index contributed by atoms with van der Waals surface area (Å²) in [5.74, 6) is -0.428. The molecule has 10 heteroatoms. The van der Waals surface area contributed by atoms with Crippen molar-refractivity contribution in [1.82, 2.24) is 9.88 Å². The fraction of sp³-hybridized carbons (Fsp3) is 0.222. The van der Waals surface area contributed by atoms with Gasteiger partial charge in [-0.2, -0.15) is 0 Å². The normalized spacial score (nSPS) is 10.7. The summed E-state index contributed by atoms with van der Waals surface area (Å²) < 4.78 is 1.86. The lowest BCUT2D eigenvalue weighted by Crippen LogP contribution is -2.37. The van der Waals surface area contributed by atoms with E-state index >= 15 is 0 Å². The minimum absolute atomic E-state index is 0. The van der Waals surface area contributed by atoms with Gasteiger partial charge in [0.25, 0.3) is 11.6 Å². The number of fused-ring (bicyclic) bond motifs is 1. The Morgan fingerprint density at radius 3 is 2.61 bits per heavy atom. The average molecular weight is 486 g/mol. The van der Waals surface area contributed by atoms with Crippen molar-refractivity contribution in [3.8, 4) is 0 Å². The summed E-state index contributed by atoms with van der Waals surface area (Å²) in [5.41, 5.74) is 0.631. The molecule has 1 aromatic heterocycles. The molecule has 0 aliphatic carbocycles. The first-order valence-corrected chi connectivity index (χ1v) is 9.74. The molecule has 0 radical (unpaired) electrons. The molecule has 0 fully saturated rings. The largest absolute Gasteiger partial charge is 0.308 e. The first-order chi connectivity index (χ1) is 12.9. The van der Waals surface area contributed by atoms with Crippen LogP contribution in [0.5, 0.6) is 0 Å². The predicted octanol–water partition coefficient (Wildman–Crippen LogP) is 4.60. The number of nitrogens with zero attached hydrogens (tertiary/aromatic N) is 4. The standard InChI is InChI=1S/C18H17BrN4O3S.ClH/c1-21(2)9-10-22(17(24)13-5-3-4-6-15(13)23(25)26)18-20-14-8-7-12(19)11-16(14)27-18;/h3-8,11H,9-10H2,1-2H3;1H. The van der Waals surface area contributed by atoms with E-state index in [0.29, 0.717) is 18.2 Å². The highest BCUT2D eigenvalue weighted by atomic mass is 79.9. The first-order valence-electron chi connectivity index (χ1n) is 8.13. The Morgan fingerprint density at radius 2 is 1.93 bits per heavy atom. The smallest absolute Gasteiger partial charge is 0.282 e. The zero-order valence-electron chi connectivity index (χ0n) is 15.2. The highest BCUT2D eigenvalue weighted by molar-refractivity contribution is 9.10. The lowest BCUT2D eigenvalue weighted by molar-refractivity contribution is -0.385. The maximum absolute atomic E-state index is 13.2. The molecule has 0 saturated carbocycles. The number of aromatic nitrogens is 1. The summed E-state index contributed by atoms with van der Waals surface area (Å²) in [6, 6.07) is 11.7. The second-order valence-corrected chi connectivity index (χ2v) is 8.07. The number of anilines is 1. The lowest BCUT2D eigenvalue weighted by atomic mass is 10.1. The molecule has 7 nitrogen and oxygen atoms in total. The zero-order chi connectivity index (χ0) is 19.6. The van der Waals surface area contributed by atoms with Crippen LogP contribution in [0, 0.1) is 10.1 Å². The van der Waals surface area contributed by atoms with E-state index in [0.717, 1.165) is 14.7 Å². The van der Waals surface area contributed by atoms with E-state index in [1.165, 1.54) is 28.4 Å². The van der Waals surface area contributed by atoms with Crippen LogP contribution in [0.3, 0.4) is 0 Å². The molecule has 3 aromatic rings. The van der Waals surface area contributed by atoms with E-state index in [2.05, 4.69) is 20.9 Å². The number of thiazole rings is 1. The second kappa shape index (κ2) is 9.42. The number of nitro benzene ring substituents is 1. The molecule has 148 valence electrons. The van der Waals surface area contributed by atoms with Gasteiger partial charge in [-0.05, 0) is 38.4 Å². The summed E-state index contributed by atoms with van der Waals surface area (Å²) in [5, 5.41) is 11.9. The molecule has 3 rings (SSSR count). The number of hydrogen-bond acceptors (Lipinski definition) is 6. The Balaban J connectivity index is 0.00000280. The first kappa shape index (κ1) is 22.2. The highest BCUT2D eigenvalue weighted by Crippen LogP contribution is 2.32. The number of para-hydroxylation sites is 1. The predicted molar refractivity (Wildman–Crippen MR) is 118 cm³/mol. The molecule has 28 heavy (non-hydrogen) atoms. The molecule has 0 aliphatic rings. The average Bonchev–Trinajstić information content (AvgIpc) is 3.04. The molecule has 0 aliphatic heterocycles. The van der Waals surface area contributed by atoms with E-state index < -0.39 is 10.8 Å². The maximum Gasteiger partial charge on any atom is 0.282 e.